The molecule has 1 fully saturated rings. The number of pyridine rings is 1. The highest BCUT2D eigenvalue weighted by atomic mass is 35.5. The summed E-state index contributed by atoms with van der Waals surface area (Å²) in [7, 11) is 0. The van der Waals surface area contributed by atoms with Gasteiger partial charge in [0.2, 0.25) is 0 Å². The second-order valence-electron chi connectivity index (χ2n) is 6.58. The van der Waals surface area contributed by atoms with E-state index in [0.29, 0.717) is 23.5 Å². The molecule has 132 valence electrons. The molecule has 2 N–H and O–H groups in total. The fourth-order valence-corrected chi connectivity index (χ4v) is 3.25. The average Bonchev–Trinajstić information content (AvgIpc) is 2.94. The number of aromatic nitrogens is 2. The molecule has 0 aromatic carbocycles. The van der Waals surface area contributed by atoms with Crippen molar-refractivity contribution in [1.29, 1.82) is 0 Å². The van der Waals surface area contributed by atoms with Gasteiger partial charge in [0, 0.05) is 24.8 Å². The quantitative estimate of drug-likeness (QED) is 0.917. The Bertz CT molecular complexity index is 729. The van der Waals surface area contributed by atoms with Gasteiger partial charge in [-0.05, 0) is 38.2 Å². The van der Waals surface area contributed by atoms with E-state index in [1.54, 1.807) is 0 Å². The summed E-state index contributed by atoms with van der Waals surface area (Å²) in [6.07, 6.45) is 3.12. The zero-order chi connectivity index (χ0) is 16.6. The van der Waals surface area contributed by atoms with Gasteiger partial charge < -0.3 is 15.2 Å². The van der Waals surface area contributed by atoms with Crippen molar-refractivity contribution in [1.82, 2.24) is 15.0 Å². The molecule has 1 saturated heterocycles. The first-order valence-corrected chi connectivity index (χ1v) is 8.31. The van der Waals surface area contributed by atoms with Crippen LogP contribution in [0.15, 0.2) is 10.6 Å². The summed E-state index contributed by atoms with van der Waals surface area (Å²) in [6, 6.07) is 2.00. The number of piperidine rings is 1. The molecule has 0 spiro atoms. The second kappa shape index (κ2) is 7.49. The Morgan fingerprint density at radius 2 is 2.21 bits per heavy atom. The lowest BCUT2D eigenvalue weighted by molar-refractivity contribution is 0.0625. The summed E-state index contributed by atoms with van der Waals surface area (Å²) in [5, 5.41) is 4.71. The highest BCUT2D eigenvalue weighted by molar-refractivity contribution is 6.06. The number of nitrogens with two attached hydrogens (primary N) is 1. The number of halogens is 1. The summed E-state index contributed by atoms with van der Waals surface area (Å²) in [4.78, 5) is 19.6. The van der Waals surface area contributed by atoms with Gasteiger partial charge in [-0.2, -0.15) is 0 Å². The maximum Gasteiger partial charge on any atom is 0.259 e. The molecule has 2 aromatic rings. The first kappa shape index (κ1) is 18.7. The molecule has 1 atom stereocenters. The fraction of sp³-hybridized carbons (Fsp3) is 0.588. The lowest BCUT2D eigenvalue weighted by Gasteiger charge is -2.35. The van der Waals surface area contributed by atoms with Crippen LogP contribution in [-0.4, -0.2) is 40.1 Å². The average molecular weight is 353 g/mol. The third-order valence-electron chi connectivity index (χ3n) is 4.62. The SMILES string of the molecule is Cc1noc2nc(C(C)C)cc(C(=O)N3CCCCC3CN)c12.Cl. The van der Waals surface area contributed by atoms with E-state index < -0.39 is 0 Å². The minimum absolute atomic E-state index is 0. The molecule has 0 aliphatic carbocycles. The number of fused-ring (bicyclic) bond motifs is 1. The number of amides is 1. The van der Waals surface area contributed by atoms with Crippen molar-refractivity contribution in [3.05, 3.63) is 23.0 Å². The molecular formula is C17H25ClN4O2. The molecule has 6 nitrogen and oxygen atoms in total. The van der Waals surface area contributed by atoms with Crippen LogP contribution in [0, 0.1) is 6.92 Å². The molecule has 2 aromatic heterocycles. The molecule has 3 rings (SSSR count). The number of aryl methyl sites for hydroxylation is 1. The number of nitrogens with zero attached hydrogens (tertiary/aromatic N) is 3. The normalized spacial score (nSPS) is 18.0. The van der Waals surface area contributed by atoms with Gasteiger partial charge in [-0.1, -0.05) is 19.0 Å². The van der Waals surface area contributed by atoms with Crippen LogP contribution in [-0.2, 0) is 0 Å². The Morgan fingerprint density at radius 1 is 1.46 bits per heavy atom. The molecule has 0 bridgehead atoms. The first-order valence-electron chi connectivity index (χ1n) is 8.31. The Kier molecular flexibility index (Phi) is 5.83. The molecule has 1 aliphatic rings. The standard InChI is InChI=1S/C17H24N4O2.ClH/c1-10(2)14-8-13(15-11(3)20-23-16(15)19-14)17(22)21-7-5-4-6-12(21)9-18;/h8,10,12H,4-7,9,18H2,1-3H3;1H. The Balaban J connectivity index is 0.00000208. The summed E-state index contributed by atoms with van der Waals surface area (Å²) in [6.45, 7) is 7.20. The van der Waals surface area contributed by atoms with Gasteiger partial charge in [-0.25, -0.2) is 4.98 Å². The molecule has 1 aliphatic heterocycles. The zero-order valence-corrected chi connectivity index (χ0v) is 15.2. The van der Waals surface area contributed by atoms with Gasteiger partial charge in [0.1, 0.15) is 0 Å². The van der Waals surface area contributed by atoms with Crippen molar-refractivity contribution >= 4 is 29.4 Å². The van der Waals surface area contributed by atoms with Crippen molar-refractivity contribution in [2.75, 3.05) is 13.1 Å². The number of carbonyl (C=O) groups excluding carboxylic acids is 1. The molecular weight excluding hydrogens is 328 g/mol. The van der Waals surface area contributed by atoms with Crippen molar-refractivity contribution in [2.24, 2.45) is 5.73 Å². The number of likely N-dealkylation sites (tertiary alicyclic amines) is 1. The summed E-state index contributed by atoms with van der Waals surface area (Å²) in [5.74, 6) is 0.226. The van der Waals surface area contributed by atoms with Crippen LogP contribution in [0.3, 0.4) is 0 Å². The van der Waals surface area contributed by atoms with Crippen molar-refractivity contribution in [2.45, 2.75) is 52.0 Å². The van der Waals surface area contributed by atoms with Crippen molar-refractivity contribution in [3.8, 4) is 0 Å². The first-order chi connectivity index (χ1) is 11.0. The monoisotopic (exact) mass is 352 g/mol. The Hall–Kier alpha value is -1.66. The van der Waals surface area contributed by atoms with Crippen LogP contribution in [0.25, 0.3) is 11.1 Å². The van der Waals surface area contributed by atoms with Crippen LogP contribution >= 0.6 is 12.4 Å². The number of rotatable bonds is 3. The summed E-state index contributed by atoms with van der Waals surface area (Å²) < 4.78 is 5.31. The zero-order valence-electron chi connectivity index (χ0n) is 14.4. The van der Waals surface area contributed by atoms with Gasteiger partial charge in [-0.3, -0.25) is 4.79 Å². The van der Waals surface area contributed by atoms with E-state index in [0.717, 1.165) is 36.9 Å². The van der Waals surface area contributed by atoms with Crippen LogP contribution < -0.4 is 5.73 Å². The highest BCUT2D eigenvalue weighted by Gasteiger charge is 2.29. The lowest BCUT2D eigenvalue weighted by atomic mass is 9.98. The molecule has 1 unspecified atom stereocenters. The summed E-state index contributed by atoms with van der Waals surface area (Å²) >= 11 is 0. The smallest absolute Gasteiger partial charge is 0.259 e. The number of hydrogen-bond donors (Lipinski definition) is 1. The molecule has 0 saturated carbocycles. The Labute approximate surface area is 148 Å². The van der Waals surface area contributed by atoms with Crippen LogP contribution in [0.2, 0.25) is 0 Å². The maximum absolute atomic E-state index is 13.2. The van der Waals surface area contributed by atoms with E-state index in [1.807, 2.05) is 17.9 Å². The molecule has 3 heterocycles. The lowest BCUT2D eigenvalue weighted by Crippen LogP contribution is -2.47. The van der Waals surface area contributed by atoms with E-state index in [9.17, 15) is 4.79 Å². The second-order valence-corrected chi connectivity index (χ2v) is 6.58. The third kappa shape index (κ3) is 3.26. The van der Waals surface area contributed by atoms with E-state index in [-0.39, 0.29) is 30.3 Å². The summed E-state index contributed by atoms with van der Waals surface area (Å²) in [5.41, 5.74) is 8.50. The molecule has 24 heavy (non-hydrogen) atoms. The number of hydrogen-bond acceptors (Lipinski definition) is 5. The molecule has 0 radical (unpaired) electrons. The van der Waals surface area contributed by atoms with Crippen LogP contribution in [0.1, 0.15) is 60.8 Å². The highest BCUT2D eigenvalue weighted by Crippen LogP contribution is 2.28. The molecule has 1 amide bonds. The van der Waals surface area contributed by atoms with E-state index in [2.05, 4.69) is 24.0 Å². The predicted octanol–water partition coefficient (Wildman–Crippen LogP) is 3.03. The van der Waals surface area contributed by atoms with Gasteiger partial charge in [0.05, 0.1) is 16.6 Å². The maximum atomic E-state index is 13.2. The van der Waals surface area contributed by atoms with Gasteiger partial charge in [0.25, 0.3) is 11.6 Å². The van der Waals surface area contributed by atoms with Crippen LogP contribution in [0.5, 0.6) is 0 Å². The van der Waals surface area contributed by atoms with E-state index in [1.165, 1.54) is 0 Å². The minimum atomic E-state index is 0. The number of carbonyl (C=O) groups is 1. The van der Waals surface area contributed by atoms with Gasteiger partial charge >= 0.3 is 0 Å². The van der Waals surface area contributed by atoms with Gasteiger partial charge in [-0.15, -0.1) is 12.4 Å². The molecule has 7 heteroatoms. The topological polar surface area (TPSA) is 85.2 Å². The minimum Gasteiger partial charge on any atom is -0.336 e. The third-order valence-corrected chi connectivity index (χ3v) is 4.62. The Morgan fingerprint density at radius 3 is 2.88 bits per heavy atom. The van der Waals surface area contributed by atoms with Crippen molar-refractivity contribution in [3.63, 3.8) is 0 Å². The predicted molar refractivity (Wildman–Crippen MR) is 95.6 cm³/mol. The van der Waals surface area contributed by atoms with E-state index in [4.69, 9.17) is 10.3 Å². The van der Waals surface area contributed by atoms with Gasteiger partial charge in [0.15, 0.2) is 0 Å². The largest absolute Gasteiger partial charge is 0.336 e. The van der Waals surface area contributed by atoms with Crippen molar-refractivity contribution < 1.29 is 9.32 Å². The fourth-order valence-electron chi connectivity index (χ4n) is 3.25. The van der Waals surface area contributed by atoms with E-state index >= 15 is 0 Å². The van der Waals surface area contributed by atoms with Crippen LogP contribution in [0.4, 0.5) is 0 Å².